The lowest BCUT2D eigenvalue weighted by atomic mass is 9.85. The second-order valence-corrected chi connectivity index (χ2v) is 6.18. The summed E-state index contributed by atoms with van der Waals surface area (Å²) in [4.78, 5) is 4.12. The molecule has 1 aliphatic carbocycles. The molecule has 23 heavy (non-hydrogen) atoms. The van der Waals surface area contributed by atoms with Gasteiger partial charge in [-0.15, -0.1) is 0 Å². The second-order valence-electron chi connectivity index (χ2n) is 6.18. The number of alkyl halides is 3. The Balaban J connectivity index is 1.74. The van der Waals surface area contributed by atoms with Crippen LogP contribution >= 0.6 is 0 Å². The zero-order chi connectivity index (χ0) is 16.7. The molecule has 0 aromatic heterocycles. The molecule has 0 bridgehead atoms. The number of hydrogen-bond acceptors (Lipinski definition) is 2. The molecule has 2 rings (SSSR count). The predicted molar refractivity (Wildman–Crippen MR) is 84.4 cm³/mol. The number of guanidine groups is 1. The first-order valence-electron chi connectivity index (χ1n) is 8.28. The third kappa shape index (κ3) is 6.05. The highest BCUT2D eigenvalue weighted by molar-refractivity contribution is 5.79. The van der Waals surface area contributed by atoms with Crippen LogP contribution in [0.2, 0.25) is 0 Å². The standard InChI is InChI=1S/C16H26F3N3O/c1-20-15(21-8-5-12-6-9-23-10-7-12)22-14-4-2-3-13(11-14)16(17,18)19/h6,13-14H,2-5,7-11H2,1H3,(H2,20,21,22). The van der Waals surface area contributed by atoms with Crippen LogP contribution in [0.3, 0.4) is 0 Å². The van der Waals surface area contributed by atoms with Gasteiger partial charge in [-0.1, -0.05) is 18.1 Å². The number of hydrogen-bond donors (Lipinski definition) is 2. The largest absolute Gasteiger partial charge is 0.391 e. The summed E-state index contributed by atoms with van der Waals surface area (Å²) in [6.07, 6.45) is 1.59. The molecule has 0 aromatic rings. The van der Waals surface area contributed by atoms with E-state index in [1.165, 1.54) is 5.57 Å². The molecule has 0 amide bonds. The van der Waals surface area contributed by atoms with E-state index < -0.39 is 12.1 Å². The Labute approximate surface area is 135 Å². The minimum absolute atomic E-state index is 0.132. The molecule has 0 radical (unpaired) electrons. The highest BCUT2D eigenvalue weighted by Crippen LogP contribution is 2.37. The summed E-state index contributed by atoms with van der Waals surface area (Å²) in [5.41, 5.74) is 1.36. The lowest BCUT2D eigenvalue weighted by Gasteiger charge is -2.32. The summed E-state index contributed by atoms with van der Waals surface area (Å²) in [6.45, 7) is 2.16. The first kappa shape index (κ1) is 18.1. The molecular weight excluding hydrogens is 307 g/mol. The molecule has 2 aliphatic rings. The number of aliphatic imine (C=N–C) groups is 1. The monoisotopic (exact) mass is 333 g/mol. The van der Waals surface area contributed by atoms with Gasteiger partial charge in [-0.25, -0.2) is 0 Å². The van der Waals surface area contributed by atoms with Gasteiger partial charge in [-0.3, -0.25) is 4.99 Å². The SMILES string of the molecule is CN=C(NCCC1=CCOCC1)NC1CCCC(C(F)(F)F)C1. The van der Waals surface area contributed by atoms with Crippen molar-refractivity contribution >= 4 is 5.96 Å². The van der Waals surface area contributed by atoms with Gasteiger partial charge in [0.25, 0.3) is 0 Å². The summed E-state index contributed by atoms with van der Waals surface area (Å²) in [7, 11) is 1.65. The van der Waals surface area contributed by atoms with Crippen LogP contribution in [0.25, 0.3) is 0 Å². The molecule has 2 atom stereocenters. The van der Waals surface area contributed by atoms with E-state index in [1.807, 2.05) is 0 Å². The average molecular weight is 333 g/mol. The lowest BCUT2D eigenvalue weighted by molar-refractivity contribution is -0.183. The summed E-state index contributed by atoms with van der Waals surface area (Å²) in [5.74, 6) is -0.607. The maximum Gasteiger partial charge on any atom is 0.391 e. The smallest absolute Gasteiger partial charge is 0.377 e. The van der Waals surface area contributed by atoms with E-state index in [4.69, 9.17) is 4.74 Å². The predicted octanol–water partition coefficient (Wildman–Crippen LogP) is 3.01. The Morgan fingerprint density at radius 3 is 2.87 bits per heavy atom. The highest BCUT2D eigenvalue weighted by Gasteiger charge is 2.42. The van der Waals surface area contributed by atoms with Gasteiger partial charge >= 0.3 is 6.18 Å². The van der Waals surface area contributed by atoms with Crippen LogP contribution in [0.5, 0.6) is 0 Å². The minimum atomic E-state index is -4.09. The normalized spacial score (nSPS) is 26.6. The zero-order valence-corrected chi connectivity index (χ0v) is 13.6. The van der Waals surface area contributed by atoms with Gasteiger partial charge in [0.05, 0.1) is 19.1 Å². The number of ether oxygens (including phenoxy) is 1. The molecular formula is C16H26F3N3O. The van der Waals surface area contributed by atoms with Crippen molar-refractivity contribution in [2.75, 3.05) is 26.8 Å². The van der Waals surface area contributed by atoms with Crippen molar-refractivity contribution in [2.45, 2.75) is 50.7 Å². The van der Waals surface area contributed by atoms with Crippen LogP contribution < -0.4 is 10.6 Å². The Kier molecular flexibility index (Phi) is 6.74. The Morgan fingerprint density at radius 1 is 1.39 bits per heavy atom. The van der Waals surface area contributed by atoms with E-state index >= 15 is 0 Å². The first-order chi connectivity index (χ1) is 11.0. The van der Waals surface area contributed by atoms with Crippen molar-refractivity contribution < 1.29 is 17.9 Å². The minimum Gasteiger partial charge on any atom is -0.377 e. The van der Waals surface area contributed by atoms with Crippen molar-refractivity contribution in [2.24, 2.45) is 10.9 Å². The molecule has 0 spiro atoms. The maximum absolute atomic E-state index is 12.9. The molecule has 0 saturated heterocycles. The summed E-state index contributed by atoms with van der Waals surface area (Å²) in [6, 6.07) is -0.163. The van der Waals surface area contributed by atoms with Crippen LogP contribution in [0.1, 0.15) is 38.5 Å². The van der Waals surface area contributed by atoms with E-state index in [2.05, 4.69) is 21.7 Å². The number of rotatable bonds is 4. The van der Waals surface area contributed by atoms with E-state index in [0.717, 1.165) is 32.4 Å². The summed E-state index contributed by atoms with van der Waals surface area (Å²) in [5, 5.41) is 6.33. The molecule has 1 heterocycles. The van der Waals surface area contributed by atoms with Crippen molar-refractivity contribution in [1.29, 1.82) is 0 Å². The number of halogens is 3. The molecule has 0 aromatic carbocycles. The Bertz CT molecular complexity index is 435. The molecule has 4 nitrogen and oxygen atoms in total. The average Bonchev–Trinajstić information content (AvgIpc) is 2.54. The van der Waals surface area contributed by atoms with Gasteiger partial charge in [0.15, 0.2) is 5.96 Å². The van der Waals surface area contributed by atoms with Gasteiger partial charge in [0, 0.05) is 19.6 Å². The van der Waals surface area contributed by atoms with E-state index in [0.29, 0.717) is 19.0 Å². The molecule has 1 saturated carbocycles. The fraction of sp³-hybridized carbons (Fsp3) is 0.812. The fourth-order valence-corrected chi connectivity index (χ4v) is 3.14. The van der Waals surface area contributed by atoms with Crippen molar-refractivity contribution in [3.05, 3.63) is 11.6 Å². The van der Waals surface area contributed by atoms with Crippen LogP contribution in [0.4, 0.5) is 13.2 Å². The third-order valence-corrected chi connectivity index (χ3v) is 4.50. The molecule has 1 fully saturated rings. The summed E-state index contributed by atoms with van der Waals surface area (Å²) >= 11 is 0. The molecule has 1 aliphatic heterocycles. The van der Waals surface area contributed by atoms with E-state index in [1.54, 1.807) is 7.05 Å². The lowest BCUT2D eigenvalue weighted by Crippen LogP contribution is -2.47. The molecule has 2 unspecified atom stereocenters. The molecule has 132 valence electrons. The van der Waals surface area contributed by atoms with Crippen LogP contribution in [0, 0.1) is 5.92 Å². The molecule has 2 N–H and O–H groups in total. The maximum atomic E-state index is 12.9. The number of nitrogens with one attached hydrogen (secondary N) is 2. The van der Waals surface area contributed by atoms with Gasteiger partial charge < -0.3 is 15.4 Å². The fourth-order valence-electron chi connectivity index (χ4n) is 3.14. The van der Waals surface area contributed by atoms with E-state index in [-0.39, 0.29) is 18.9 Å². The third-order valence-electron chi connectivity index (χ3n) is 4.50. The van der Waals surface area contributed by atoms with Crippen molar-refractivity contribution in [1.82, 2.24) is 10.6 Å². The van der Waals surface area contributed by atoms with Gasteiger partial charge in [0.2, 0.25) is 0 Å². The van der Waals surface area contributed by atoms with Gasteiger partial charge in [0.1, 0.15) is 0 Å². The topological polar surface area (TPSA) is 45.7 Å². The van der Waals surface area contributed by atoms with Crippen LogP contribution in [0.15, 0.2) is 16.6 Å². The first-order valence-corrected chi connectivity index (χ1v) is 8.28. The van der Waals surface area contributed by atoms with Crippen LogP contribution in [-0.2, 0) is 4.74 Å². The van der Waals surface area contributed by atoms with Crippen molar-refractivity contribution in [3.8, 4) is 0 Å². The van der Waals surface area contributed by atoms with Gasteiger partial charge in [-0.05, 0) is 32.1 Å². The van der Waals surface area contributed by atoms with Crippen LogP contribution in [-0.4, -0.2) is 45.0 Å². The number of nitrogens with zero attached hydrogens (tertiary/aromatic N) is 1. The van der Waals surface area contributed by atoms with E-state index in [9.17, 15) is 13.2 Å². The van der Waals surface area contributed by atoms with Crippen molar-refractivity contribution in [3.63, 3.8) is 0 Å². The van der Waals surface area contributed by atoms with Gasteiger partial charge in [-0.2, -0.15) is 13.2 Å². The second kappa shape index (κ2) is 8.57. The highest BCUT2D eigenvalue weighted by atomic mass is 19.4. The molecule has 7 heteroatoms. The quantitative estimate of drug-likeness (QED) is 0.472. The zero-order valence-electron chi connectivity index (χ0n) is 13.6. The Morgan fingerprint density at radius 2 is 2.22 bits per heavy atom. The Hall–Kier alpha value is -1.24. The summed E-state index contributed by atoms with van der Waals surface area (Å²) < 4.78 is 43.8.